The van der Waals surface area contributed by atoms with Crippen LogP contribution in [0.2, 0.25) is 10.2 Å². The van der Waals surface area contributed by atoms with Gasteiger partial charge in [-0.15, -0.1) is 5.10 Å². The Labute approximate surface area is 257 Å². The number of halogens is 2. The molecule has 5 rings (SSSR count). The summed E-state index contributed by atoms with van der Waals surface area (Å²) in [6.45, 7) is 1.93. The van der Waals surface area contributed by atoms with Gasteiger partial charge in [0.1, 0.15) is 6.17 Å². The van der Waals surface area contributed by atoms with Gasteiger partial charge in [0.25, 0.3) is 11.5 Å². The summed E-state index contributed by atoms with van der Waals surface area (Å²) in [5, 5.41) is 24.6. The van der Waals surface area contributed by atoms with Gasteiger partial charge in [0.15, 0.2) is 11.3 Å². The Kier molecular flexibility index (Phi) is 9.27. The fourth-order valence-corrected chi connectivity index (χ4v) is 5.38. The van der Waals surface area contributed by atoms with Crippen LogP contribution in [0.5, 0.6) is 0 Å². The van der Waals surface area contributed by atoms with Gasteiger partial charge < -0.3 is 15.7 Å². The highest BCUT2D eigenvalue weighted by molar-refractivity contribution is 6.31. The first-order chi connectivity index (χ1) is 20.7. The Bertz CT molecular complexity index is 1690. The lowest BCUT2D eigenvalue weighted by Gasteiger charge is -2.35. The molecule has 2 unspecified atom stereocenters. The molecule has 0 spiro atoms. The summed E-state index contributed by atoms with van der Waals surface area (Å²) in [5.74, 6) is -0.522. The number of carbonyl (C=O) groups excluding carboxylic acids is 1. The number of aromatic nitrogens is 5. The molecule has 0 saturated carbocycles. The van der Waals surface area contributed by atoms with Crippen molar-refractivity contribution in [2.24, 2.45) is 0 Å². The van der Waals surface area contributed by atoms with Crippen molar-refractivity contribution in [3.63, 3.8) is 0 Å². The minimum Gasteiger partial charge on any atom is -0.465 e. The smallest absolute Gasteiger partial charge is 0.411 e. The van der Waals surface area contributed by atoms with Gasteiger partial charge in [-0.2, -0.15) is 0 Å². The molecule has 4 aromatic rings. The number of hydrogen-bond acceptors (Lipinski definition) is 7. The first kappa shape index (κ1) is 30.1. The number of hydrogen-bond donors (Lipinski definition) is 3. The average Bonchev–Trinajstić information content (AvgIpc) is 3.41. The third-order valence-electron chi connectivity index (χ3n) is 7.26. The molecular formula is C29H30Cl2N8O4. The number of carbonyl (C=O) groups is 2. The van der Waals surface area contributed by atoms with Crippen molar-refractivity contribution in [1.82, 2.24) is 34.8 Å². The maximum atomic E-state index is 13.5. The molecule has 2 atom stereocenters. The molecule has 0 saturated heterocycles. The Morgan fingerprint density at radius 3 is 2.65 bits per heavy atom. The van der Waals surface area contributed by atoms with Crippen LogP contribution in [0.15, 0.2) is 65.8 Å². The Balaban J connectivity index is 1.50. The zero-order valence-corrected chi connectivity index (χ0v) is 24.8. The summed E-state index contributed by atoms with van der Waals surface area (Å²) in [6, 6.07) is 13.8. The van der Waals surface area contributed by atoms with E-state index >= 15 is 0 Å². The van der Waals surface area contributed by atoms with Crippen molar-refractivity contribution in [2.75, 3.05) is 11.9 Å². The lowest BCUT2D eigenvalue weighted by atomic mass is 10.1. The highest BCUT2D eigenvalue weighted by Crippen LogP contribution is 2.28. The molecule has 224 valence electrons. The van der Waals surface area contributed by atoms with Crippen LogP contribution in [0.25, 0.3) is 16.9 Å². The molecule has 43 heavy (non-hydrogen) atoms. The van der Waals surface area contributed by atoms with E-state index in [2.05, 4.69) is 25.9 Å². The van der Waals surface area contributed by atoms with Crippen molar-refractivity contribution >= 4 is 40.9 Å². The van der Waals surface area contributed by atoms with Gasteiger partial charge in [-0.3, -0.25) is 19.1 Å². The van der Waals surface area contributed by atoms with Gasteiger partial charge in [0.05, 0.1) is 23.9 Å². The quantitative estimate of drug-likeness (QED) is 0.282. The van der Waals surface area contributed by atoms with E-state index < -0.39 is 29.9 Å². The van der Waals surface area contributed by atoms with Crippen LogP contribution in [-0.2, 0) is 11.2 Å². The molecule has 0 fully saturated rings. The summed E-state index contributed by atoms with van der Waals surface area (Å²) < 4.78 is 2.58. The van der Waals surface area contributed by atoms with E-state index in [1.165, 1.54) is 30.2 Å². The second kappa shape index (κ2) is 13.3. The van der Waals surface area contributed by atoms with E-state index in [9.17, 15) is 19.5 Å². The molecule has 12 nitrogen and oxygen atoms in total. The Hall–Kier alpha value is -4.42. The molecule has 2 aromatic heterocycles. The van der Waals surface area contributed by atoms with Crippen LogP contribution in [0.3, 0.4) is 0 Å². The average molecular weight is 626 g/mol. The van der Waals surface area contributed by atoms with Gasteiger partial charge in [-0.1, -0.05) is 53.4 Å². The molecule has 3 heterocycles. The molecule has 14 heteroatoms. The van der Waals surface area contributed by atoms with Crippen LogP contribution >= 0.6 is 23.2 Å². The molecule has 2 amide bonds. The van der Waals surface area contributed by atoms with Crippen LogP contribution in [0.1, 0.15) is 44.3 Å². The van der Waals surface area contributed by atoms with Crippen molar-refractivity contribution in [3.05, 3.63) is 87.1 Å². The maximum Gasteiger partial charge on any atom is 0.411 e. The largest absolute Gasteiger partial charge is 0.465 e. The third-order valence-corrected chi connectivity index (χ3v) is 7.67. The molecule has 2 bridgehead atoms. The van der Waals surface area contributed by atoms with Crippen LogP contribution in [0.4, 0.5) is 10.5 Å². The van der Waals surface area contributed by atoms with Crippen LogP contribution in [0, 0.1) is 0 Å². The number of nitrogens with zero attached hydrogens (tertiary/aromatic N) is 6. The predicted octanol–water partition coefficient (Wildman–Crippen LogP) is 4.97. The maximum absolute atomic E-state index is 13.5. The molecule has 0 aliphatic carbocycles. The highest BCUT2D eigenvalue weighted by Gasteiger charge is 2.35. The van der Waals surface area contributed by atoms with Gasteiger partial charge in [0.2, 0.25) is 0 Å². The lowest BCUT2D eigenvalue weighted by molar-refractivity contribution is -0.126. The van der Waals surface area contributed by atoms with Crippen molar-refractivity contribution in [2.45, 2.75) is 51.4 Å². The highest BCUT2D eigenvalue weighted by atomic mass is 35.5. The molecular weight excluding hydrogens is 595 g/mol. The van der Waals surface area contributed by atoms with E-state index in [0.29, 0.717) is 28.5 Å². The number of fused-ring (bicyclic) bond motifs is 2. The standard InChI is InChI=1S/C29H30Cl2N8O4/c1-18(37-17-33-23(15-26(37)40)22-14-20(30)10-11-24(22)38-16-25(31)35-36-38)39(29(42)43)27-28(41)32-12-5-3-2-4-7-19-8-6-9-21(13-19)34-27/h6,8-11,13-18,27,34H,2-5,7,12H2,1H3,(H,32,41)(H,42,43). The lowest BCUT2D eigenvalue weighted by Crippen LogP contribution is -2.56. The van der Waals surface area contributed by atoms with Gasteiger partial charge in [0, 0.05) is 28.9 Å². The van der Waals surface area contributed by atoms with Crippen molar-refractivity contribution < 1.29 is 14.7 Å². The second-order valence-corrected chi connectivity index (χ2v) is 11.0. The topological polar surface area (TPSA) is 147 Å². The fourth-order valence-electron chi connectivity index (χ4n) is 5.08. The minimum atomic E-state index is -1.39. The summed E-state index contributed by atoms with van der Waals surface area (Å²) in [5.41, 5.74) is 2.42. The summed E-state index contributed by atoms with van der Waals surface area (Å²) >= 11 is 12.2. The van der Waals surface area contributed by atoms with E-state index in [-0.39, 0.29) is 10.8 Å². The number of anilines is 1. The monoisotopic (exact) mass is 624 g/mol. The Morgan fingerprint density at radius 2 is 1.91 bits per heavy atom. The van der Waals surface area contributed by atoms with E-state index in [0.717, 1.165) is 47.1 Å². The zero-order valence-electron chi connectivity index (χ0n) is 23.3. The Morgan fingerprint density at radius 1 is 1.09 bits per heavy atom. The molecule has 3 N–H and O–H groups in total. The van der Waals surface area contributed by atoms with Gasteiger partial charge in [-0.25, -0.2) is 14.5 Å². The number of aryl methyl sites for hydroxylation is 1. The first-order valence-corrected chi connectivity index (χ1v) is 14.6. The number of amides is 2. The third kappa shape index (κ3) is 6.98. The van der Waals surface area contributed by atoms with Gasteiger partial charge in [-0.05, 0) is 62.1 Å². The summed E-state index contributed by atoms with van der Waals surface area (Å²) in [6.07, 6.45) is 3.57. The van der Waals surface area contributed by atoms with Gasteiger partial charge >= 0.3 is 6.09 Å². The number of nitrogens with one attached hydrogen (secondary N) is 2. The molecule has 0 radical (unpaired) electrons. The fraction of sp³-hybridized carbons (Fsp3) is 0.310. The van der Waals surface area contributed by atoms with E-state index in [1.807, 2.05) is 18.2 Å². The van der Waals surface area contributed by atoms with E-state index in [4.69, 9.17) is 23.2 Å². The zero-order chi connectivity index (χ0) is 30.5. The summed E-state index contributed by atoms with van der Waals surface area (Å²) in [7, 11) is 0. The molecule has 2 aromatic carbocycles. The van der Waals surface area contributed by atoms with Crippen molar-refractivity contribution in [1.29, 1.82) is 0 Å². The number of benzene rings is 2. The van der Waals surface area contributed by atoms with Crippen LogP contribution in [-0.4, -0.2) is 59.3 Å². The second-order valence-electron chi connectivity index (χ2n) is 10.2. The van der Waals surface area contributed by atoms with E-state index in [1.54, 1.807) is 24.3 Å². The number of carboxylic acid groups (broad SMARTS) is 1. The normalized spacial score (nSPS) is 16.5. The SMILES string of the molecule is CC(N(C(=O)O)C1Nc2cccc(c2)CCCCCCNC1=O)n1cnc(-c2cc(Cl)ccc2-n2cc(Cl)nn2)cc1=O. The van der Waals surface area contributed by atoms with Crippen LogP contribution < -0.4 is 16.2 Å². The summed E-state index contributed by atoms with van der Waals surface area (Å²) in [4.78, 5) is 44.9. The predicted molar refractivity (Wildman–Crippen MR) is 162 cm³/mol. The number of rotatable bonds is 5. The minimum absolute atomic E-state index is 0.179. The first-order valence-electron chi connectivity index (χ1n) is 13.8. The van der Waals surface area contributed by atoms with Crippen molar-refractivity contribution in [3.8, 4) is 16.9 Å². The molecule has 1 aliphatic heterocycles. The molecule has 1 aliphatic rings.